The molecular formula is C9H19BrO5Si. The summed E-state index contributed by atoms with van der Waals surface area (Å²) < 4.78 is 21.3. The quantitative estimate of drug-likeness (QED) is 0.505. The largest absolute Gasteiger partial charge is 0.751 e. The molecule has 1 atom stereocenters. The van der Waals surface area contributed by atoms with E-state index in [2.05, 4.69) is 15.9 Å². The summed E-state index contributed by atoms with van der Waals surface area (Å²) in [5, 5.41) is 0. The molecule has 0 aliphatic rings. The molecule has 0 bridgehead atoms. The fourth-order valence-corrected chi connectivity index (χ4v) is 3.12. The Labute approximate surface area is 106 Å². The molecule has 0 saturated heterocycles. The Morgan fingerprint density at radius 1 is 1.12 bits per heavy atom. The summed E-state index contributed by atoms with van der Waals surface area (Å²) in [5.41, 5.74) is 0. The summed E-state index contributed by atoms with van der Waals surface area (Å²) in [6.45, 7) is 8.18. The van der Waals surface area contributed by atoms with Gasteiger partial charge < -0.3 is 17.7 Å². The predicted molar refractivity (Wildman–Crippen MR) is 65.1 cm³/mol. The van der Waals surface area contributed by atoms with Crippen molar-refractivity contribution in [3.63, 3.8) is 0 Å². The zero-order chi connectivity index (χ0) is 12.6. The van der Waals surface area contributed by atoms with Crippen LogP contribution in [0.4, 0.5) is 0 Å². The number of rotatable bonds is 8. The van der Waals surface area contributed by atoms with Gasteiger partial charge in [0, 0.05) is 19.8 Å². The molecule has 0 heterocycles. The average Bonchev–Trinajstić information content (AvgIpc) is 2.18. The van der Waals surface area contributed by atoms with Gasteiger partial charge >= 0.3 is 15.0 Å². The first-order valence-corrected chi connectivity index (χ1v) is 7.85. The Bertz CT molecular complexity index is 195. The van der Waals surface area contributed by atoms with Crippen molar-refractivity contribution >= 4 is 30.9 Å². The van der Waals surface area contributed by atoms with Gasteiger partial charge in [-0.25, -0.2) is 0 Å². The molecule has 0 aromatic carbocycles. The Morgan fingerprint density at radius 2 is 1.50 bits per heavy atom. The standard InChI is InChI=1S/C9H19BrO5Si/c1-5-12-16(13-6-2,14-7-3)15-9(11)8(4)10/h8H,5-7H2,1-4H3. The Kier molecular flexibility index (Phi) is 8.21. The van der Waals surface area contributed by atoms with Crippen LogP contribution in [-0.2, 0) is 22.5 Å². The minimum Gasteiger partial charge on any atom is -0.451 e. The maximum absolute atomic E-state index is 11.5. The van der Waals surface area contributed by atoms with Crippen LogP contribution in [-0.4, -0.2) is 39.7 Å². The van der Waals surface area contributed by atoms with E-state index in [9.17, 15) is 4.79 Å². The van der Waals surface area contributed by atoms with E-state index in [0.29, 0.717) is 19.8 Å². The molecule has 1 unspecified atom stereocenters. The van der Waals surface area contributed by atoms with Gasteiger partial charge in [0.25, 0.3) is 0 Å². The molecule has 0 aromatic rings. The van der Waals surface area contributed by atoms with Crippen molar-refractivity contribution in [3.8, 4) is 0 Å². The molecule has 0 aliphatic carbocycles. The number of carbonyl (C=O) groups excluding carboxylic acids is 1. The molecule has 0 fully saturated rings. The predicted octanol–water partition coefficient (Wildman–Crippen LogP) is 1.86. The first kappa shape index (κ1) is 16.0. The monoisotopic (exact) mass is 314 g/mol. The van der Waals surface area contributed by atoms with Crippen molar-refractivity contribution in [2.24, 2.45) is 0 Å². The van der Waals surface area contributed by atoms with Crippen molar-refractivity contribution in [2.75, 3.05) is 19.8 Å². The number of carbonyl (C=O) groups is 1. The summed E-state index contributed by atoms with van der Waals surface area (Å²) in [7, 11) is -3.30. The fraction of sp³-hybridized carbons (Fsp3) is 0.889. The highest BCUT2D eigenvalue weighted by molar-refractivity contribution is 9.10. The smallest absolute Gasteiger partial charge is 0.451 e. The van der Waals surface area contributed by atoms with Crippen LogP contribution in [0.3, 0.4) is 0 Å². The normalized spacial score (nSPS) is 13.6. The molecule has 0 N–H and O–H groups in total. The summed E-state index contributed by atoms with van der Waals surface area (Å²) in [6, 6.07) is 0. The molecule has 5 nitrogen and oxygen atoms in total. The SMILES string of the molecule is CCO[Si](OCC)(OCC)OC(=O)C(C)Br. The second-order valence-electron chi connectivity index (χ2n) is 2.84. The summed E-state index contributed by atoms with van der Waals surface area (Å²) >= 11 is 3.13. The lowest BCUT2D eigenvalue weighted by molar-refractivity contribution is -0.143. The zero-order valence-corrected chi connectivity index (χ0v) is 12.7. The van der Waals surface area contributed by atoms with E-state index >= 15 is 0 Å². The van der Waals surface area contributed by atoms with Crippen molar-refractivity contribution in [1.82, 2.24) is 0 Å². The lowest BCUT2D eigenvalue weighted by atomic mass is 10.5. The van der Waals surface area contributed by atoms with Gasteiger partial charge in [-0.2, -0.15) is 0 Å². The minimum atomic E-state index is -3.30. The third-order valence-electron chi connectivity index (χ3n) is 1.51. The van der Waals surface area contributed by atoms with Gasteiger partial charge in [-0.15, -0.1) is 0 Å². The van der Waals surface area contributed by atoms with Gasteiger partial charge in [-0.1, -0.05) is 15.9 Å². The van der Waals surface area contributed by atoms with Gasteiger partial charge in [-0.3, -0.25) is 4.79 Å². The zero-order valence-electron chi connectivity index (χ0n) is 10.1. The summed E-state index contributed by atoms with van der Waals surface area (Å²) in [6.07, 6.45) is 0. The van der Waals surface area contributed by atoms with Crippen molar-refractivity contribution in [2.45, 2.75) is 32.5 Å². The maximum atomic E-state index is 11.5. The highest BCUT2D eigenvalue weighted by Crippen LogP contribution is 2.15. The Balaban J connectivity index is 4.64. The van der Waals surface area contributed by atoms with Gasteiger partial charge in [0.15, 0.2) is 0 Å². The number of hydrogen-bond acceptors (Lipinski definition) is 5. The van der Waals surface area contributed by atoms with Crippen LogP contribution >= 0.6 is 15.9 Å². The van der Waals surface area contributed by atoms with E-state index in [1.54, 1.807) is 27.7 Å². The Hall–Kier alpha value is 0.0469. The first-order valence-electron chi connectivity index (χ1n) is 5.30. The molecule has 0 aromatic heterocycles. The van der Waals surface area contributed by atoms with Gasteiger partial charge in [-0.05, 0) is 27.7 Å². The van der Waals surface area contributed by atoms with E-state index in [-0.39, 0.29) is 0 Å². The number of hydrogen-bond donors (Lipinski definition) is 0. The van der Waals surface area contributed by atoms with Crippen molar-refractivity contribution < 1.29 is 22.5 Å². The molecular weight excluding hydrogens is 296 g/mol. The maximum Gasteiger partial charge on any atom is 0.751 e. The van der Waals surface area contributed by atoms with Crippen LogP contribution in [0.25, 0.3) is 0 Å². The van der Waals surface area contributed by atoms with E-state index in [1.165, 1.54) is 0 Å². The van der Waals surface area contributed by atoms with Gasteiger partial charge in [0.1, 0.15) is 4.83 Å². The molecule has 0 spiro atoms. The molecule has 0 amide bonds. The van der Waals surface area contributed by atoms with Crippen LogP contribution in [0.2, 0.25) is 0 Å². The van der Waals surface area contributed by atoms with Crippen LogP contribution in [0, 0.1) is 0 Å². The highest BCUT2D eigenvalue weighted by atomic mass is 79.9. The second kappa shape index (κ2) is 8.18. The molecule has 0 radical (unpaired) electrons. The van der Waals surface area contributed by atoms with Crippen molar-refractivity contribution in [1.29, 1.82) is 0 Å². The van der Waals surface area contributed by atoms with E-state index < -0.39 is 19.8 Å². The van der Waals surface area contributed by atoms with E-state index in [1.807, 2.05) is 0 Å². The van der Waals surface area contributed by atoms with Gasteiger partial charge in [0.05, 0.1) is 0 Å². The second-order valence-corrected chi connectivity index (χ2v) is 6.28. The third kappa shape index (κ3) is 5.40. The minimum absolute atomic E-state index is 0.371. The van der Waals surface area contributed by atoms with Crippen LogP contribution in [0.1, 0.15) is 27.7 Å². The first-order chi connectivity index (χ1) is 7.51. The topological polar surface area (TPSA) is 54.0 Å². The summed E-state index contributed by atoms with van der Waals surface area (Å²) in [5.74, 6) is -0.443. The van der Waals surface area contributed by atoms with Gasteiger partial charge in [0.2, 0.25) is 0 Å². The van der Waals surface area contributed by atoms with E-state index in [0.717, 1.165) is 0 Å². The van der Waals surface area contributed by atoms with Crippen LogP contribution in [0.15, 0.2) is 0 Å². The molecule has 0 saturated carbocycles. The van der Waals surface area contributed by atoms with Crippen molar-refractivity contribution in [3.05, 3.63) is 0 Å². The van der Waals surface area contributed by atoms with Crippen LogP contribution in [0.5, 0.6) is 0 Å². The Morgan fingerprint density at radius 3 is 1.75 bits per heavy atom. The molecule has 16 heavy (non-hydrogen) atoms. The van der Waals surface area contributed by atoms with E-state index in [4.69, 9.17) is 17.7 Å². The average molecular weight is 315 g/mol. The summed E-state index contributed by atoms with van der Waals surface area (Å²) in [4.78, 5) is 11.1. The highest BCUT2D eigenvalue weighted by Gasteiger charge is 2.49. The lowest BCUT2D eigenvalue weighted by Crippen LogP contribution is -2.51. The lowest BCUT2D eigenvalue weighted by Gasteiger charge is -2.26. The molecule has 0 rings (SSSR count). The fourth-order valence-electron chi connectivity index (χ4n) is 0.948. The number of halogens is 1. The molecule has 7 heteroatoms. The molecule has 0 aliphatic heterocycles. The van der Waals surface area contributed by atoms with Crippen LogP contribution < -0.4 is 0 Å². The number of alkyl halides is 1. The molecule has 96 valence electrons. The third-order valence-corrected chi connectivity index (χ3v) is 4.27.